The molecule has 0 aliphatic rings. The molecule has 0 saturated heterocycles. The maximum Gasteiger partial charge on any atom is 0.129 e. The van der Waals surface area contributed by atoms with Gasteiger partial charge in [-0.3, -0.25) is 4.98 Å². The molecule has 0 fully saturated rings. The van der Waals surface area contributed by atoms with Gasteiger partial charge < -0.3 is 11.1 Å². The van der Waals surface area contributed by atoms with Gasteiger partial charge in [-0.25, -0.2) is 0 Å². The number of rotatable bonds is 3. The maximum atomic E-state index is 9.02. The number of halogens is 1. The van der Waals surface area contributed by atoms with Gasteiger partial charge in [-0.15, -0.1) is 12.4 Å². The predicted molar refractivity (Wildman–Crippen MR) is 75.7 cm³/mol. The molecule has 0 radical (unpaired) electrons. The van der Waals surface area contributed by atoms with Gasteiger partial charge in [-0.05, 0) is 6.92 Å². The zero-order valence-corrected chi connectivity index (χ0v) is 10.8. The molecule has 2 rings (SSSR count). The first-order chi connectivity index (χ1) is 8.22. The van der Waals surface area contributed by atoms with Crippen molar-refractivity contribution in [2.45, 2.75) is 19.0 Å². The molecule has 18 heavy (non-hydrogen) atoms. The van der Waals surface area contributed by atoms with Gasteiger partial charge in [-0.1, -0.05) is 24.3 Å². The molecule has 2 aromatic rings. The number of benzene rings is 1. The predicted octanol–water partition coefficient (Wildman–Crippen LogP) is 2.31. The standard InChI is InChI=1S/C13H14N4.ClH/c1-9(15)12(6-14)17-13-8-16-7-10-4-2-3-5-11(10)13;/h2-5,7-9,12,17H,15H2,1H3;1H. The van der Waals surface area contributed by atoms with Crippen molar-refractivity contribution in [2.75, 3.05) is 5.32 Å². The fraction of sp³-hybridized carbons (Fsp3) is 0.231. The number of hydrogen-bond acceptors (Lipinski definition) is 4. The number of anilines is 1. The highest BCUT2D eigenvalue weighted by molar-refractivity contribution is 5.92. The number of aromatic nitrogens is 1. The molecule has 0 saturated carbocycles. The average molecular weight is 263 g/mol. The van der Waals surface area contributed by atoms with Crippen molar-refractivity contribution in [1.82, 2.24) is 4.98 Å². The van der Waals surface area contributed by atoms with Gasteiger partial charge in [0.05, 0.1) is 18.0 Å². The normalized spacial score (nSPS) is 13.2. The lowest BCUT2D eigenvalue weighted by atomic mass is 10.1. The van der Waals surface area contributed by atoms with Crippen molar-refractivity contribution in [1.29, 1.82) is 5.26 Å². The summed E-state index contributed by atoms with van der Waals surface area (Å²) in [6.45, 7) is 1.81. The van der Waals surface area contributed by atoms with E-state index in [9.17, 15) is 0 Å². The van der Waals surface area contributed by atoms with Gasteiger partial charge in [0.1, 0.15) is 6.04 Å². The molecule has 2 atom stereocenters. The molecule has 0 spiro atoms. The van der Waals surface area contributed by atoms with Gasteiger partial charge in [0.2, 0.25) is 0 Å². The van der Waals surface area contributed by atoms with Crippen molar-refractivity contribution in [3.8, 4) is 6.07 Å². The Morgan fingerprint density at radius 2 is 2.06 bits per heavy atom. The minimum Gasteiger partial charge on any atom is -0.367 e. The molecule has 0 aliphatic carbocycles. The molecule has 3 N–H and O–H groups in total. The smallest absolute Gasteiger partial charge is 0.129 e. The van der Waals surface area contributed by atoms with Gasteiger partial charge >= 0.3 is 0 Å². The lowest BCUT2D eigenvalue weighted by Crippen LogP contribution is -2.36. The summed E-state index contributed by atoms with van der Waals surface area (Å²) in [5, 5.41) is 14.2. The molecule has 1 aromatic heterocycles. The summed E-state index contributed by atoms with van der Waals surface area (Å²) < 4.78 is 0. The zero-order chi connectivity index (χ0) is 12.3. The molecule has 0 aliphatic heterocycles. The lowest BCUT2D eigenvalue weighted by Gasteiger charge is -2.17. The molecule has 94 valence electrons. The van der Waals surface area contributed by atoms with Crippen LogP contribution < -0.4 is 11.1 Å². The highest BCUT2D eigenvalue weighted by Gasteiger charge is 2.13. The molecule has 0 bridgehead atoms. The van der Waals surface area contributed by atoms with Crippen molar-refractivity contribution in [3.05, 3.63) is 36.7 Å². The van der Waals surface area contributed by atoms with Gasteiger partial charge in [0, 0.05) is 23.0 Å². The molecule has 5 heteroatoms. The highest BCUT2D eigenvalue weighted by atomic mass is 35.5. The third-order valence-corrected chi connectivity index (χ3v) is 2.64. The molecule has 4 nitrogen and oxygen atoms in total. The van der Waals surface area contributed by atoms with E-state index in [4.69, 9.17) is 11.0 Å². The number of nitriles is 1. The van der Waals surface area contributed by atoms with Crippen LogP contribution in [-0.2, 0) is 0 Å². The van der Waals surface area contributed by atoms with Crippen LogP contribution in [0.3, 0.4) is 0 Å². The van der Waals surface area contributed by atoms with Crippen LogP contribution >= 0.6 is 12.4 Å². The van der Waals surface area contributed by atoms with Crippen LogP contribution in [0.15, 0.2) is 36.7 Å². The summed E-state index contributed by atoms with van der Waals surface area (Å²) in [7, 11) is 0. The number of nitrogens with one attached hydrogen (secondary N) is 1. The second-order valence-electron chi connectivity index (χ2n) is 4.02. The van der Waals surface area contributed by atoms with Crippen LogP contribution in [0.1, 0.15) is 6.92 Å². The van der Waals surface area contributed by atoms with Crippen molar-refractivity contribution in [2.24, 2.45) is 5.73 Å². The Morgan fingerprint density at radius 1 is 1.33 bits per heavy atom. The Labute approximate surface area is 112 Å². The highest BCUT2D eigenvalue weighted by Crippen LogP contribution is 2.22. The topological polar surface area (TPSA) is 74.7 Å². The van der Waals surface area contributed by atoms with E-state index in [1.54, 1.807) is 19.3 Å². The quantitative estimate of drug-likeness (QED) is 0.890. The van der Waals surface area contributed by atoms with Crippen LogP contribution in [-0.4, -0.2) is 17.1 Å². The summed E-state index contributed by atoms with van der Waals surface area (Å²) in [5.74, 6) is 0. The van der Waals surface area contributed by atoms with E-state index in [1.807, 2.05) is 24.3 Å². The second kappa shape index (κ2) is 6.20. The first-order valence-electron chi connectivity index (χ1n) is 5.47. The summed E-state index contributed by atoms with van der Waals surface area (Å²) in [5.41, 5.74) is 6.57. The number of nitrogens with zero attached hydrogens (tertiary/aromatic N) is 2. The van der Waals surface area contributed by atoms with Crippen LogP contribution in [0.25, 0.3) is 10.8 Å². The minimum atomic E-state index is -0.414. The summed E-state index contributed by atoms with van der Waals surface area (Å²) in [6.07, 6.45) is 3.52. The number of hydrogen-bond donors (Lipinski definition) is 2. The number of nitrogens with two attached hydrogens (primary N) is 1. The molecule has 2 unspecified atom stereocenters. The van der Waals surface area contributed by atoms with Crippen molar-refractivity contribution < 1.29 is 0 Å². The fourth-order valence-corrected chi connectivity index (χ4v) is 1.68. The summed E-state index contributed by atoms with van der Waals surface area (Å²) in [6, 6.07) is 9.40. The van der Waals surface area contributed by atoms with Gasteiger partial charge in [0.15, 0.2) is 0 Å². The first kappa shape index (κ1) is 14.2. The lowest BCUT2D eigenvalue weighted by molar-refractivity contribution is 0.694. The molecule has 1 aromatic carbocycles. The summed E-state index contributed by atoms with van der Waals surface area (Å²) in [4.78, 5) is 4.15. The molecule has 0 amide bonds. The van der Waals surface area contributed by atoms with Gasteiger partial charge in [0.25, 0.3) is 0 Å². The third-order valence-electron chi connectivity index (χ3n) is 2.64. The maximum absolute atomic E-state index is 9.02. The Morgan fingerprint density at radius 3 is 2.72 bits per heavy atom. The van der Waals surface area contributed by atoms with E-state index < -0.39 is 6.04 Å². The second-order valence-corrected chi connectivity index (χ2v) is 4.02. The molecule has 1 heterocycles. The molecular formula is C13H15ClN4. The van der Waals surface area contributed by atoms with E-state index in [2.05, 4.69) is 16.4 Å². The SMILES string of the molecule is CC(N)C(C#N)Nc1cncc2ccccc12.Cl. The van der Waals surface area contributed by atoms with Crippen molar-refractivity contribution >= 4 is 28.9 Å². The third kappa shape index (κ3) is 2.89. The van der Waals surface area contributed by atoms with E-state index in [0.29, 0.717) is 0 Å². The summed E-state index contributed by atoms with van der Waals surface area (Å²) >= 11 is 0. The van der Waals surface area contributed by atoms with Crippen molar-refractivity contribution in [3.63, 3.8) is 0 Å². The number of fused-ring (bicyclic) bond motifs is 1. The first-order valence-corrected chi connectivity index (χ1v) is 5.47. The fourth-order valence-electron chi connectivity index (χ4n) is 1.68. The van der Waals surface area contributed by atoms with Crippen LogP contribution in [0.5, 0.6) is 0 Å². The van der Waals surface area contributed by atoms with E-state index in [1.165, 1.54) is 0 Å². The van der Waals surface area contributed by atoms with Gasteiger partial charge in [-0.2, -0.15) is 5.26 Å². The van der Waals surface area contributed by atoms with Crippen LogP contribution in [0.4, 0.5) is 5.69 Å². The number of pyridine rings is 1. The average Bonchev–Trinajstić information content (AvgIpc) is 2.35. The monoisotopic (exact) mass is 262 g/mol. The largest absolute Gasteiger partial charge is 0.367 e. The Hall–Kier alpha value is -1.83. The van der Waals surface area contributed by atoms with E-state index in [0.717, 1.165) is 16.5 Å². The molecular weight excluding hydrogens is 248 g/mol. The minimum absolute atomic E-state index is 0. The Kier molecular flexibility index (Phi) is 4.90. The van der Waals surface area contributed by atoms with Crippen LogP contribution in [0, 0.1) is 11.3 Å². The zero-order valence-electron chi connectivity index (χ0n) is 10.00. The van der Waals surface area contributed by atoms with E-state index >= 15 is 0 Å². The Balaban J connectivity index is 0.00000162. The van der Waals surface area contributed by atoms with Crippen LogP contribution in [0.2, 0.25) is 0 Å². The Bertz CT molecular complexity index is 557. The van der Waals surface area contributed by atoms with E-state index in [-0.39, 0.29) is 18.4 Å².